The van der Waals surface area contributed by atoms with Gasteiger partial charge in [0.1, 0.15) is 5.60 Å². The monoisotopic (exact) mass is 529 g/mol. The molecular formula is C25H24ClN3O4S2. The molecule has 5 rings (SSSR count). The third-order valence-electron chi connectivity index (χ3n) is 6.12. The Balaban J connectivity index is 1.62. The summed E-state index contributed by atoms with van der Waals surface area (Å²) < 4.78 is 29.5. The molecule has 10 heteroatoms. The molecule has 1 fully saturated rings. The number of fused-ring (bicyclic) bond motifs is 1. The summed E-state index contributed by atoms with van der Waals surface area (Å²) in [6.45, 7) is 1.13. The summed E-state index contributed by atoms with van der Waals surface area (Å²) >= 11 is 7.89. The van der Waals surface area contributed by atoms with E-state index in [0.29, 0.717) is 34.8 Å². The molecule has 1 aliphatic rings. The zero-order chi connectivity index (χ0) is 24.8. The lowest BCUT2D eigenvalue weighted by Gasteiger charge is -2.21. The minimum Gasteiger partial charge on any atom is -0.393 e. The van der Waals surface area contributed by atoms with Crippen molar-refractivity contribution in [2.24, 2.45) is 0 Å². The van der Waals surface area contributed by atoms with Crippen molar-refractivity contribution in [2.75, 3.05) is 6.61 Å². The summed E-state index contributed by atoms with van der Waals surface area (Å²) in [6, 6.07) is 13.8. The van der Waals surface area contributed by atoms with Gasteiger partial charge in [-0.25, -0.2) is 13.1 Å². The average Bonchev–Trinajstić information content (AvgIpc) is 3.63. The smallest absolute Gasteiger partial charge is 0.215 e. The van der Waals surface area contributed by atoms with E-state index in [1.54, 1.807) is 43.6 Å². The minimum atomic E-state index is -3.53. The van der Waals surface area contributed by atoms with Gasteiger partial charge in [-0.05, 0) is 61.0 Å². The number of nitrogens with zero attached hydrogens (tertiary/aromatic N) is 2. The van der Waals surface area contributed by atoms with Crippen LogP contribution in [0.2, 0.25) is 5.02 Å². The van der Waals surface area contributed by atoms with Crippen LogP contribution in [0.5, 0.6) is 0 Å². The minimum absolute atomic E-state index is 0.384. The lowest BCUT2D eigenvalue weighted by Crippen LogP contribution is -2.32. The summed E-state index contributed by atoms with van der Waals surface area (Å²) in [5.74, 6) is 0. The van der Waals surface area contributed by atoms with Gasteiger partial charge in [0, 0.05) is 27.5 Å². The first kappa shape index (κ1) is 24.3. The molecule has 3 N–H and O–H groups in total. The fourth-order valence-electron chi connectivity index (χ4n) is 3.93. The molecule has 0 bridgehead atoms. The predicted octanol–water partition coefficient (Wildman–Crippen LogP) is 4.38. The first-order valence-corrected chi connectivity index (χ1v) is 13.9. The highest BCUT2D eigenvalue weighted by atomic mass is 35.5. The van der Waals surface area contributed by atoms with E-state index in [9.17, 15) is 18.6 Å². The molecule has 0 aliphatic heterocycles. The standard InChI is InChI=1S/C25H24ClN3O4S2/c1-25(31,14-30)16-9-11-27-20(13-16)18-5-2-4-15-12-21(34-24(15)18)23(22-19(26)6-3-10-28-22)29-35(32,33)17-7-8-17/h2-6,9-13,17,23,29-31H,7-8,14H2,1H3/t23-,25-/m0/s1. The Hall–Kier alpha value is -2.40. The average molecular weight is 530 g/mol. The number of rotatable bonds is 8. The van der Waals surface area contributed by atoms with Gasteiger partial charge in [0.05, 0.1) is 34.3 Å². The van der Waals surface area contributed by atoms with Crippen LogP contribution in [0.1, 0.15) is 41.9 Å². The Bertz CT molecular complexity index is 1500. The number of hydrogen-bond donors (Lipinski definition) is 3. The largest absolute Gasteiger partial charge is 0.393 e. The van der Waals surface area contributed by atoms with Crippen LogP contribution < -0.4 is 4.72 Å². The van der Waals surface area contributed by atoms with Crippen molar-refractivity contribution < 1.29 is 18.6 Å². The van der Waals surface area contributed by atoms with Gasteiger partial charge < -0.3 is 10.2 Å². The van der Waals surface area contributed by atoms with E-state index < -0.39 is 28.3 Å². The molecule has 35 heavy (non-hydrogen) atoms. The van der Waals surface area contributed by atoms with Gasteiger partial charge in [0.25, 0.3) is 0 Å². The van der Waals surface area contributed by atoms with Gasteiger partial charge in [-0.3, -0.25) is 9.97 Å². The third kappa shape index (κ3) is 4.84. The van der Waals surface area contributed by atoms with Gasteiger partial charge in [0.15, 0.2) is 0 Å². The maximum Gasteiger partial charge on any atom is 0.215 e. The highest BCUT2D eigenvalue weighted by molar-refractivity contribution is 7.90. The van der Waals surface area contributed by atoms with Gasteiger partial charge in [-0.1, -0.05) is 29.8 Å². The molecule has 1 saturated carbocycles. The van der Waals surface area contributed by atoms with Crippen molar-refractivity contribution in [3.8, 4) is 11.3 Å². The van der Waals surface area contributed by atoms with Crippen LogP contribution in [-0.4, -0.2) is 40.5 Å². The maximum absolute atomic E-state index is 12.9. The zero-order valence-corrected chi connectivity index (χ0v) is 21.2. The van der Waals surface area contributed by atoms with E-state index in [1.807, 2.05) is 24.3 Å². The number of aliphatic hydroxyl groups excluding tert-OH is 1. The second kappa shape index (κ2) is 9.24. The van der Waals surface area contributed by atoms with Gasteiger partial charge in [-0.2, -0.15) is 0 Å². The quantitative estimate of drug-likeness (QED) is 0.312. The Morgan fingerprint density at radius 1 is 1.17 bits per heavy atom. The molecule has 1 aromatic carbocycles. The summed E-state index contributed by atoms with van der Waals surface area (Å²) in [7, 11) is -3.53. The molecule has 7 nitrogen and oxygen atoms in total. The fourth-order valence-corrected chi connectivity index (χ4v) is 6.99. The molecule has 0 unspecified atom stereocenters. The number of nitrogens with one attached hydrogen (secondary N) is 1. The molecule has 182 valence electrons. The van der Waals surface area contributed by atoms with Gasteiger partial charge in [-0.15, -0.1) is 11.3 Å². The number of sulfonamides is 1. The first-order chi connectivity index (χ1) is 16.7. The van der Waals surface area contributed by atoms with E-state index in [-0.39, 0.29) is 5.25 Å². The highest BCUT2D eigenvalue weighted by Gasteiger charge is 2.38. The van der Waals surface area contributed by atoms with Crippen LogP contribution in [-0.2, 0) is 15.6 Å². The number of halogens is 1. The highest BCUT2D eigenvalue weighted by Crippen LogP contribution is 2.41. The summed E-state index contributed by atoms with van der Waals surface area (Å²) in [6.07, 6.45) is 4.49. The molecule has 1 aliphatic carbocycles. The summed E-state index contributed by atoms with van der Waals surface area (Å²) in [5.41, 5.74) is 1.08. The Morgan fingerprint density at radius 3 is 2.69 bits per heavy atom. The summed E-state index contributed by atoms with van der Waals surface area (Å²) in [5, 5.41) is 21.0. The van der Waals surface area contributed by atoms with Crippen molar-refractivity contribution in [3.05, 3.63) is 82.1 Å². The van der Waals surface area contributed by atoms with Crippen LogP contribution in [0.15, 0.2) is 60.9 Å². The normalized spacial score (nSPS) is 16.8. The van der Waals surface area contributed by atoms with Gasteiger partial charge in [0.2, 0.25) is 10.0 Å². The number of aliphatic hydroxyl groups is 2. The number of thiophene rings is 1. The molecule has 2 atom stereocenters. The summed E-state index contributed by atoms with van der Waals surface area (Å²) in [4.78, 5) is 9.66. The Kier molecular flexibility index (Phi) is 6.41. The molecule has 0 radical (unpaired) electrons. The second-order valence-electron chi connectivity index (χ2n) is 8.90. The van der Waals surface area contributed by atoms with E-state index in [1.165, 1.54) is 11.3 Å². The topological polar surface area (TPSA) is 112 Å². The van der Waals surface area contributed by atoms with Crippen molar-refractivity contribution >= 4 is 43.0 Å². The predicted molar refractivity (Wildman–Crippen MR) is 138 cm³/mol. The molecule has 0 amide bonds. The van der Waals surface area contributed by atoms with E-state index >= 15 is 0 Å². The molecule has 3 aromatic heterocycles. The van der Waals surface area contributed by atoms with Crippen molar-refractivity contribution in [2.45, 2.75) is 36.7 Å². The molecular weight excluding hydrogens is 506 g/mol. The van der Waals surface area contributed by atoms with Crippen LogP contribution in [0.4, 0.5) is 0 Å². The number of aromatic nitrogens is 2. The number of pyridine rings is 2. The van der Waals surface area contributed by atoms with Crippen LogP contribution >= 0.6 is 22.9 Å². The second-order valence-corrected chi connectivity index (χ2v) is 12.4. The molecule has 0 saturated heterocycles. The van der Waals surface area contributed by atoms with Crippen LogP contribution in [0.3, 0.4) is 0 Å². The Labute approximate surface area is 212 Å². The number of hydrogen-bond acceptors (Lipinski definition) is 7. The van der Waals surface area contributed by atoms with Crippen LogP contribution in [0, 0.1) is 0 Å². The first-order valence-electron chi connectivity index (χ1n) is 11.1. The van der Waals surface area contributed by atoms with E-state index in [2.05, 4.69) is 14.7 Å². The van der Waals surface area contributed by atoms with Gasteiger partial charge >= 0.3 is 0 Å². The molecule has 0 spiro atoms. The van der Waals surface area contributed by atoms with Crippen molar-refractivity contribution in [1.82, 2.24) is 14.7 Å². The fraction of sp³-hybridized carbons (Fsp3) is 0.280. The van der Waals surface area contributed by atoms with Crippen LogP contribution in [0.25, 0.3) is 21.3 Å². The van der Waals surface area contributed by atoms with E-state index in [0.717, 1.165) is 20.5 Å². The molecule has 4 aromatic rings. The van der Waals surface area contributed by atoms with Crippen molar-refractivity contribution in [1.29, 1.82) is 0 Å². The van der Waals surface area contributed by atoms with Crippen molar-refractivity contribution in [3.63, 3.8) is 0 Å². The Morgan fingerprint density at radius 2 is 1.97 bits per heavy atom. The SMILES string of the molecule is C[C@](O)(CO)c1ccnc(-c2cccc3cc([C@H](NS(=O)(=O)C4CC4)c4ncccc4Cl)sc23)c1. The lowest BCUT2D eigenvalue weighted by atomic mass is 9.96. The zero-order valence-electron chi connectivity index (χ0n) is 18.8. The molecule has 3 heterocycles. The lowest BCUT2D eigenvalue weighted by molar-refractivity contribution is -0.00230. The third-order valence-corrected chi connectivity index (χ3v) is 9.60. The maximum atomic E-state index is 12.9. The number of benzene rings is 1. The van der Waals surface area contributed by atoms with E-state index in [4.69, 9.17) is 11.6 Å².